The highest BCUT2D eigenvalue weighted by Crippen LogP contribution is 2.63. The largest absolute Gasteiger partial charge is 0.726 e. The van der Waals surface area contributed by atoms with E-state index < -0.39 is 18.1 Å². The van der Waals surface area contributed by atoms with Crippen molar-refractivity contribution in [3.8, 4) is 0 Å². The Morgan fingerprint density at radius 3 is 1.52 bits per heavy atom. The van der Waals surface area contributed by atoms with Crippen LogP contribution in [0.4, 0.5) is 0 Å². The molecule has 142 valence electrons. The van der Waals surface area contributed by atoms with Gasteiger partial charge in [-0.2, -0.15) is 14.0 Å². The number of rotatable bonds is 10. The number of hydrogen-bond acceptors (Lipinski definition) is 7. The molecule has 0 bridgehead atoms. The standard InChI is InChI=1S/C10H27N3P.C4H10O4S/c1-8-9-10-14(11(2)3,12(4)5)13(6)7;1-2-3-4-8-9(5,6)7/h8-10H2,1-7H3;2-4H2,1H3,(H,5,6,7)/q+1;/p-1. The van der Waals surface area contributed by atoms with Crippen molar-refractivity contribution in [3.63, 3.8) is 0 Å². The van der Waals surface area contributed by atoms with Crippen LogP contribution in [-0.2, 0) is 14.6 Å². The summed E-state index contributed by atoms with van der Waals surface area (Å²) in [6, 6.07) is 0. The molecule has 7 nitrogen and oxygen atoms in total. The Morgan fingerprint density at radius 1 is 0.870 bits per heavy atom. The SMILES string of the molecule is CCCCOS(=O)(=O)[O-].CCCC[P+](N(C)C)(N(C)C)N(C)C. The highest BCUT2D eigenvalue weighted by molar-refractivity contribution is 7.80. The first-order chi connectivity index (χ1) is 10.5. The average molecular weight is 374 g/mol. The van der Waals surface area contributed by atoms with Crippen LogP contribution in [0.5, 0.6) is 0 Å². The van der Waals surface area contributed by atoms with Gasteiger partial charge < -0.3 is 4.55 Å². The predicted octanol–water partition coefficient (Wildman–Crippen LogP) is 2.50. The average Bonchev–Trinajstić information content (AvgIpc) is 2.38. The van der Waals surface area contributed by atoms with Crippen LogP contribution in [0.2, 0.25) is 0 Å². The molecular weight excluding hydrogens is 337 g/mol. The third-order valence-electron chi connectivity index (χ3n) is 3.46. The van der Waals surface area contributed by atoms with Gasteiger partial charge in [-0.05, 0) is 12.8 Å². The molecule has 0 unspecified atom stereocenters. The van der Waals surface area contributed by atoms with E-state index in [0.717, 1.165) is 6.42 Å². The Labute approximate surface area is 144 Å². The van der Waals surface area contributed by atoms with Crippen molar-refractivity contribution in [2.45, 2.75) is 39.5 Å². The van der Waals surface area contributed by atoms with Gasteiger partial charge in [-0.15, -0.1) is 0 Å². The van der Waals surface area contributed by atoms with Gasteiger partial charge in [0.25, 0.3) is 0 Å². The van der Waals surface area contributed by atoms with Crippen molar-refractivity contribution in [1.29, 1.82) is 0 Å². The topological polar surface area (TPSA) is 76.1 Å². The summed E-state index contributed by atoms with van der Waals surface area (Å²) in [6.45, 7) is 4.14. The molecule has 0 amide bonds. The van der Waals surface area contributed by atoms with E-state index in [1.54, 1.807) is 0 Å². The summed E-state index contributed by atoms with van der Waals surface area (Å²) in [5.41, 5.74) is 0. The molecule has 0 aliphatic carbocycles. The highest BCUT2D eigenvalue weighted by Gasteiger charge is 2.46. The molecular formula is C14H36N3O4PS. The van der Waals surface area contributed by atoms with Gasteiger partial charge in [-0.1, -0.05) is 26.7 Å². The zero-order valence-electron chi connectivity index (χ0n) is 16.1. The Kier molecular flexibility index (Phi) is 13.8. The molecule has 0 saturated carbocycles. The maximum Gasteiger partial charge on any atom is 0.225 e. The van der Waals surface area contributed by atoms with Crippen LogP contribution < -0.4 is 0 Å². The summed E-state index contributed by atoms with van der Waals surface area (Å²) in [4.78, 5) is 0. The Hall–Kier alpha value is 0.180. The Bertz CT molecular complexity index is 368. The number of hydrogen-bond donors (Lipinski definition) is 0. The molecule has 0 saturated heterocycles. The third kappa shape index (κ3) is 10.6. The lowest BCUT2D eigenvalue weighted by atomic mass is 10.4. The van der Waals surface area contributed by atoms with E-state index in [-0.39, 0.29) is 6.61 Å². The van der Waals surface area contributed by atoms with Crippen LogP contribution in [0.25, 0.3) is 0 Å². The lowest BCUT2D eigenvalue weighted by Crippen LogP contribution is -2.37. The maximum absolute atomic E-state index is 9.73. The van der Waals surface area contributed by atoms with Crippen LogP contribution in [0.1, 0.15) is 39.5 Å². The minimum absolute atomic E-state index is 0.00231. The van der Waals surface area contributed by atoms with Gasteiger partial charge >= 0.3 is 0 Å². The summed E-state index contributed by atoms with van der Waals surface area (Å²) in [5.74, 6) is 0. The van der Waals surface area contributed by atoms with Crippen molar-refractivity contribution in [3.05, 3.63) is 0 Å². The Balaban J connectivity index is 0. The van der Waals surface area contributed by atoms with Gasteiger partial charge in [0.2, 0.25) is 18.1 Å². The van der Waals surface area contributed by atoms with Crippen molar-refractivity contribution >= 4 is 18.1 Å². The first-order valence-electron chi connectivity index (χ1n) is 7.97. The summed E-state index contributed by atoms with van der Waals surface area (Å²) >= 11 is 0. The first kappa shape index (κ1) is 25.4. The van der Waals surface area contributed by atoms with E-state index >= 15 is 0 Å². The smallest absolute Gasteiger partial charge is 0.225 e. The molecule has 0 heterocycles. The van der Waals surface area contributed by atoms with Gasteiger partial charge in [-0.3, -0.25) is 4.18 Å². The molecule has 23 heavy (non-hydrogen) atoms. The van der Waals surface area contributed by atoms with Gasteiger partial charge in [-0.25, -0.2) is 8.42 Å². The summed E-state index contributed by atoms with van der Waals surface area (Å²) in [5, 5.41) is 0. The van der Waals surface area contributed by atoms with Crippen molar-refractivity contribution in [1.82, 2.24) is 14.0 Å². The van der Waals surface area contributed by atoms with E-state index in [9.17, 15) is 13.0 Å². The number of unbranched alkanes of at least 4 members (excludes halogenated alkanes) is 2. The van der Waals surface area contributed by atoms with E-state index in [1.165, 1.54) is 19.0 Å². The molecule has 0 radical (unpaired) electrons. The molecule has 0 aromatic carbocycles. The molecule has 0 aliphatic heterocycles. The van der Waals surface area contributed by atoms with E-state index in [4.69, 9.17) is 0 Å². The molecule has 0 atom stereocenters. The predicted molar refractivity (Wildman–Crippen MR) is 98.3 cm³/mol. The first-order valence-corrected chi connectivity index (χ1v) is 11.1. The second kappa shape index (κ2) is 12.5. The minimum atomic E-state index is -4.45. The zero-order valence-corrected chi connectivity index (χ0v) is 17.8. The monoisotopic (exact) mass is 373 g/mol. The lowest BCUT2D eigenvalue weighted by molar-refractivity contribution is 0.257. The lowest BCUT2D eigenvalue weighted by Gasteiger charge is -2.40. The molecule has 0 aromatic rings. The zero-order chi connectivity index (χ0) is 18.7. The van der Waals surface area contributed by atoms with Crippen molar-refractivity contribution < 1.29 is 17.2 Å². The van der Waals surface area contributed by atoms with E-state index in [0.29, 0.717) is 6.42 Å². The molecule has 0 fully saturated rings. The van der Waals surface area contributed by atoms with E-state index in [2.05, 4.69) is 67.4 Å². The van der Waals surface area contributed by atoms with Crippen molar-refractivity contribution in [2.75, 3.05) is 55.1 Å². The third-order valence-corrected chi connectivity index (χ3v) is 8.67. The minimum Gasteiger partial charge on any atom is -0.726 e. The van der Waals surface area contributed by atoms with Crippen LogP contribution in [0.3, 0.4) is 0 Å². The maximum atomic E-state index is 9.73. The van der Waals surface area contributed by atoms with Crippen LogP contribution in [0, 0.1) is 0 Å². The normalized spacial score (nSPS) is 12.7. The van der Waals surface area contributed by atoms with Crippen LogP contribution in [0.15, 0.2) is 0 Å². The van der Waals surface area contributed by atoms with Gasteiger partial charge in [0, 0.05) is 42.3 Å². The summed E-state index contributed by atoms with van der Waals surface area (Å²) in [7, 11) is 7.51. The Morgan fingerprint density at radius 2 is 1.26 bits per heavy atom. The molecule has 0 N–H and O–H groups in total. The molecule has 0 aliphatic rings. The van der Waals surface area contributed by atoms with Gasteiger partial charge in [0.1, 0.15) is 6.16 Å². The molecule has 0 rings (SSSR count). The fourth-order valence-electron chi connectivity index (χ4n) is 2.35. The van der Waals surface area contributed by atoms with Gasteiger partial charge in [0.15, 0.2) is 0 Å². The second-order valence-corrected chi connectivity index (χ2v) is 11.2. The van der Waals surface area contributed by atoms with Gasteiger partial charge in [0.05, 0.1) is 6.61 Å². The highest BCUT2D eigenvalue weighted by atomic mass is 32.3. The second-order valence-electron chi connectivity index (χ2n) is 5.90. The molecule has 0 aromatic heterocycles. The van der Waals surface area contributed by atoms with Crippen LogP contribution in [-0.4, -0.2) is 82.0 Å². The van der Waals surface area contributed by atoms with Crippen molar-refractivity contribution in [2.24, 2.45) is 0 Å². The fourth-order valence-corrected chi connectivity index (χ4v) is 6.76. The number of nitrogens with zero attached hydrogens (tertiary/aromatic N) is 3. The van der Waals surface area contributed by atoms with E-state index in [1.807, 2.05) is 6.92 Å². The molecule has 9 heteroatoms. The summed E-state index contributed by atoms with van der Waals surface area (Å²) < 4.78 is 40.3. The summed E-state index contributed by atoms with van der Waals surface area (Å²) in [6.07, 6.45) is 5.28. The molecule has 0 spiro atoms. The quantitative estimate of drug-likeness (QED) is 0.252. The van der Waals surface area contributed by atoms with Crippen LogP contribution >= 0.6 is 7.71 Å². The fraction of sp³-hybridized carbons (Fsp3) is 1.00.